The van der Waals surface area contributed by atoms with Gasteiger partial charge >= 0.3 is 6.03 Å². The third kappa shape index (κ3) is 5.84. The average molecular weight is 376 g/mol. The Morgan fingerprint density at radius 3 is 2.48 bits per heavy atom. The molecular weight excluding hydrogens is 342 g/mol. The van der Waals surface area contributed by atoms with Crippen molar-refractivity contribution in [3.8, 4) is 5.75 Å². The van der Waals surface area contributed by atoms with Crippen LogP contribution in [0.5, 0.6) is 5.75 Å². The Hall–Kier alpha value is -1.79. The number of piperidine rings is 1. The Kier molecular flexibility index (Phi) is 7.35. The summed E-state index contributed by atoms with van der Waals surface area (Å²) in [7, 11) is 0. The molecule has 2 saturated heterocycles. The number of nitrogens with zero attached hydrogens (tertiary/aromatic N) is 2. The normalized spacial score (nSPS) is 20.3. The number of ether oxygens (including phenoxy) is 2. The highest BCUT2D eigenvalue weighted by Crippen LogP contribution is 2.19. The van der Waals surface area contributed by atoms with Crippen molar-refractivity contribution in [2.24, 2.45) is 0 Å². The number of rotatable bonds is 6. The molecule has 2 aliphatic heterocycles. The highest BCUT2D eigenvalue weighted by Gasteiger charge is 2.25. The van der Waals surface area contributed by atoms with Gasteiger partial charge in [0.1, 0.15) is 11.9 Å². The first-order valence-electron chi connectivity index (χ1n) is 10.2. The first-order chi connectivity index (χ1) is 13.2. The van der Waals surface area contributed by atoms with Crippen molar-refractivity contribution in [3.05, 3.63) is 29.8 Å². The highest BCUT2D eigenvalue weighted by atomic mass is 16.5. The fourth-order valence-electron chi connectivity index (χ4n) is 3.78. The molecule has 2 amide bonds. The topological polar surface area (TPSA) is 54.0 Å². The smallest absolute Gasteiger partial charge is 0.317 e. The van der Waals surface area contributed by atoms with E-state index in [1.54, 1.807) is 0 Å². The first kappa shape index (κ1) is 20.0. The van der Waals surface area contributed by atoms with Crippen LogP contribution >= 0.6 is 0 Å². The fourth-order valence-corrected chi connectivity index (χ4v) is 3.78. The maximum atomic E-state index is 12.5. The number of aryl methyl sites for hydroxylation is 1. The van der Waals surface area contributed by atoms with Gasteiger partial charge in [-0.05, 0) is 25.5 Å². The third-order valence-corrected chi connectivity index (χ3v) is 5.58. The molecule has 1 unspecified atom stereocenters. The maximum absolute atomic E-state index is 12.5. The standard InChI is InChI=1S/C21H33N3O3/c1-3-18(23-12-14-26-15-13-23)16-22-21(25)24-10-8-20(9-11-24)27-19-6-4-17(2)5-7-19/h4-7,18,20H,3,8-16H2,1-2H3,(H,22,25). The molecule has 2 aliphatic rings. The SMILES string of the molecule is CCC(CNC(=O)N1CCC(Oc2ccc(C)cc2)CC1)N1CCOCC1. The number of amides is 2. The van der Waals surface area contributed by atoms with Gasteiger partial charge < -0.3 is 19.7 Å². The minimum Gasteiger partial charge on any atom is -0.490 e. The lowest BCUT2D eigenvalue weighted by Gasteiger charge is -2.35. The zero-order valence-electron chi connectivity index (χ0n) is 16.7. The van der Waals surface area contributed by atoms with Crippen LogP contribution < -0.4 is 10.1 Å². The molecule has 0 bridgehead atoms. The summed E-state index contributed by atoms with van der Waals surface area (Å²) in [6, 6.07) is 8.61. The lowest BCUT2D eigenvalue weighted by atomic mass is 10.1. The highest BCUT2D eigenvalue weighted by molar-refractivity contribution is 5.74. The van der Waals surface area contributed by atoms with Crippen molar-refractivity contribution < 1.29 is 14.3 Å². The van der Waals surface area contributed by atoms with E-state index >= 15 is 0 Å². The number of carbonyl (C=O) groups is 1. The van der Waals surface area contributed by atoms with E-state index in [4.69, 9.17) is 9.47 Å². The second kappa shape index (κ2) is 9.95. The molecule has 1 atom stereocenters. The van der Waals surface area contributed by atoms with E-state index in [0.717, 1.165) is 64.4 Å². The zero-order chi connectivity index (χ0) is 19.1. The summed E-state index contributed by atoms with van der Waals surface area (Å²) < 4.78 is 11.5. The molecular formula is C21H33N3O3. The summed E-state index contributed by atoms with van der Waals surface area (Å²) in [6.07, 6.45) is 2.98. The average Bonchev–Trinajstić information content (AvgIpc) is 2.71. The minimum atomic E-state index is 0.0514. The van der Waals surface area contributed by atoms with Gasteiger partial charge in [-0.25, -0.2) is 4.79 Å². The molecule has 150 valence electrons. The largest absolute Gasteiger partial charge is 0.490 e. The van der Waals surface area contributed by atoms with Gasteiger partial charge in [-0.2, -0.15) is 0 Å². The van der Waals surface area contributed by atoms with Gasteiger partial charge in [-0.3, -0.25) is 4.90 Å². The number of nitrogens with one attached hydrogen (secondary N) is 1. The molecule has 2 heterocycles. The molecule has 6 heteroatoms. The molecule has 0 aliphatic carbocycles. The van der Waals surface area contributed by atoms with Gasteiger partial charge in [0.2, 0.25) is 0 Å². The van der Waals surface area contributed by atoms with Crippen LogP contribution in [-0.2, 0) is 4.74 Å². The van der Waals surface area contributed by atoms with E-state index in [2.05, 4.69) is 36.2 Å². The second-order valence-electron chi connectivity index (χ2n) is 7.51. The molecule has 2 fully saturated rings. The minimum absolute atomic E-state index is 0.0514. The monoisotopic (exact) mass is 375 g/mol. The molecule has 6 nitrogen and oxygen atoms in total. The van der Waals surface area contributed by atoms with Crippen molar-refractivity contribution in [1.82, 2.24) is 15.1 Å². The summed E-state index contributed by atoms with van der Waals surface area (Å²) >= 11 is 0. The number of urea groups is 1. The van der Waals surface area contributed by atoms with Crippen LogP contribution in [0.15, 0.2) is 24.3 Å². The number of hydrogen-bond acceptors (Lipinski definition) is 4. The maximum Gasteiger partial charge on any atom is 0.317 e. The molecule has 1 aromatic rings. The number of morpholine rings is 1. The quantitative estimate of drug-likeness (QED) is 0.831. The number of benzene rings is 1. The summed E-state index contributed by atoms with van der Waals surface area (Å²) in [6.45, 7) is 9.94. The van der Waals surface area contributed by atoms with Crippen molar-refractivity contribution in [1.29, 1.82) is 0 Å². The number of likely N-dealkylation sites (tertiary alicyclic amines) is 1. The third-order valence-electron chi connectivity index (χ3n) is 5.58. The first-order valence-corrected chi connectivity index (χ1v) is 10.2. The molecule has 0 aromatic heterocycles. The fraction of sp³-hybridized carbons (Fsp3) is 0.667. The molecule has 0 radical (unpaired) electrons. The number of hydrogen-bond donors (Lipinski definition) is 1. The Bertz CT molecular complexity index is 579. The van der Waals surface area contributed by atoms with Crippen LogP contribution in [0.25, 0.3) is 0 Å². The van der Waals surface area contributed by atoms with Gasteiger partial charge in [0.05, 0.1) is 13.2 Å². The Labute approximate surface area is 162 Å². The second-order valence-corrected chi connectivity index (χ2v) is 7.51. The van der Waals surface area contributed by atoms with Crippen molar-refractivity contribution in [3.63, 3.8) is 0 Å². The Morgan fingerprint density at radius 2 is 1.85 bits per heavy atom. The van der Waals surface area contributed by atoms with E-state index in [-0.39, 0.29) is 12.1 Å². The van der Waals surface area contributed by atoms with E-state index in [1.165, 1.54) is 5.56 Å². The van der Waals surface area contributed by atoms with Crippen LogP contribution in [0.2, 0.25) is 0 Å². The van der Waals surface area contributed by atoms with E-state index < -0.39 is 0 Å². The van der Waals surface area contributed by atoms with E-state index in [9.17, 15) is 4.79 Å². The van der Waals surface area contributed by atoms with Crippen LogP contribution in [0.4, 0.5) is 4.79 Å². The molecule has 27 heavy (non-hydrogen) atoms. The van der Waals surface area contributed by atoms with Crippen molar-refractivity contribution >= 4 is 6.03 Å². The van der Waals surface area contributed by atoms with Crippen LogP contribution in [0, 0.1) is 6.92 Å². The van der Waals surface area contributed by atoms with E-state index in [0.29, 0.717) is 12.6 Å². The van der Waals surface area contributed by atoms with Crippen molar-refractivity contribution in [2.45, 2.75) is 45.3 Å². The Balaban J connectivity index is 1.39. The summed E-state index contributed by atoms with van der Waals surface area (Å²) in [5, 5.41) is 3.14. The predicted molar refractivity (Wildman–Crippen MR) is 106 cm³/mol. The molecule has 0 spiro atoms. The van der Waals surface area contributed by atoms with E-state index in [1.807, 2.05) is 17.0 Å². The Morgan fingerprint density at radius 1 is 1.19 bits per heavy atom. The summed E-state index contributed by atoms with van der Waals surface area (Å²) in [4.78, 5) is 16.9. The van der Waals surface area contributed by atoms with Crippen LogP contribution in [0.3, 0.4) is 0 Å². The van der Waals surface area contributed by atoms with Gasteiger partial charge in [0.15, 0.2) is 0 Å². The van der Waals surface area contributed by atoms with Gasteiger partial charge in [0, 0.05) is 51.6 Å². The lowest BCUT2D eigenvalue weighted by Crippen LogP contribution is -2.52. The molecule has 0 saturated carbocycles. The van der Waals surface area contributed by atoms with Gasteiger partial charge in [-0.1, -0.05) is 24.6 Å². The van der Waals surface area contributed by atoms with Crippen LogP contribution in [0.1, 0.15) is 31.7 Å². The molecule has 1 N–H and O–H groups in total. The number of carbonyl (C=O) groups excluding carboxylic acids is 1. The zero-order valence-corrected chi connectivity index (χ0v) is 16.7. The van der Waals surface area contributed by atoms with Crippen molar-refractivity contribution in [2.75, 3.05) is 45.9 Å². The van der Waals surface area contributed by atoms with Gasteiger partial charge in [0.25, 0.3) is 0 Å². The summed E-state index contributed by atoms with van der Waals surface area (Å²) in [5.41, 5.74) is 1.23. The predicted octanol–water partition coefficient (Wildman–Crippen LogP) is 2.66. The van der Waals surface area contributed by atoms with Crippen LogP contribution in [-0.4, -0.2) is 73.9 Å². The van der Waals surface area contributed by atoms with Gasteiger partial charge in [-0.15, -0.1) is 0 Å². The molecule has 3 rings (SSSR count). The lowest BCUT2D eigenvalue weighted by molar-refractivity contribution is 0.0160. The molecule has 1 aromatic carbocycles. The summed E-state index contributed by atoms with van der Waals surface area (Å²) in [5.74, 6) is 0.916.